The van der Waals surface area contributed by atoms with Gasteiger partial charge in [-0.3, -0.25) is 0 Å². The van der Waals surface area contributed by atoms with Crippen LogP contribution in [0.4, 0.5) is 0 Å². The lowest BCUT2D eigenvalue weighted by atomic mass is 9.60. The van der Waals surface area contributed by atoms with Crippen molar-refractivity contribution >= 4 is 5.97 Å². The van der Waals surface area contributed by atoms with E-state index in [9.17, 15) is 4.79 Å². The first-order chi connectivity index (χ1) is 7.29. The molecule has 4 bridgehead atoms. The van der Waals surface area contributed by atoms with Gasteiger partial charge in [-0.25, -0.2) is 4.79 Å². The normalized spacial score (nSPS) is 42.3. The number of hydrogen-bond donors (Lipinski definition) is 0. The van der Waals surface area contributed by atoms with E-state index in [-0.39, 0.29) is 5.97 Å². The largest absolute Gasteiger partial charge is 0.466 e. The third kappa shape index (κ3) is 1.33. The summed E-state index contributed by atoms with van der Waals surface area (Å²) < 4.78 is 10.4. The summed E-state index contributed by atoms with van der Waals surface area (Å²) in [6.45, 7) is 1.76. The molecule has 2 fully saturated rings. The number of ether oxygens (including phenoxy) is 2. The molecule has 1 aliphatic heterocycles. The van der Waals surface area contributed by atoms with Gasteiger partial charge in [0.2, 0.25) is 0 Å². The van der Waals surface area contributed by atoms with Gasteiger partial charge in [-0.2, -0.15) is 0 Å². The second-order valence-corrected chi connectivity index (χ2v) is 4.92. The Labute approximate surface area is 89.4 Å². The zero-order valence-corrected chi connectivity index (χ0v) is 8.94. The molecule has 1 saturated heterocycles. The summed E-state index contributed by atoms with van der Waals surface area (Å²) in [7, 11) is 1.47. The highest BCUT2D eigenvalue weighted by atomic mass is 16.5. The zero-order chi connectivity index (χ0) is 10.4. The van der Waals surface area contributed by atoms with Gasteiger partial charge in [0.15, 0.2) is 0 Å². The Balaban J connectivity index is 1.90. The summed E-state index contributed by atoms with van der Waals surface area (Å²) in [4.78, 5) is 11.6. The van der Waals surface area contributed by atoms with E-state index in [2.05, 4.69) is 6.08 Å². The SMILES string of the molecule is COC(=O)C1=CC2[C@@H]3COC[C@H]2CC1C3. The third-order valence-corrected chi connectivity index (χ3v) is 4.16. The summed E-state index contributed by atoms with van der Waals surface area (Å²) in [5, 5.41) is 0. The maximum absolute atomic E-state index is 11.6. The monoisotopic (exact) mass is 208 g/mol. The molecule has 1 heterocycles. The van der Waals surface area contributed by atoms with E-state index in [1.807, 2.05) is 0 Å². The van der Waals surface area contributed by atoms with Gasteiger partial charge >= 0.3 is 5.97 Å². The molecule has 0 amide bonds. The summed E-state index contributed by atoms with van der Waals surface area (Å²) >= 11 is 0. The van der Waals surface area contributed by atoms with Crippen molar-refractivity contribution in [3.05, 3.63) is 11.6 Å². The minimum Gasteiger partial charge on any atom is -0.466 e. The molecule has 15 heavy (non-hydrogen) atoms. The highest BCUT2D eigenvalue weighted by molar-refractivity contribution is 5.89. The van der Waals surface area contributed by atoms with Crippen LogP contribution in [-0.2, 0) is 14.3 Å². The van der Waals surface area contributed by atoms with Crippen molar-refractivity contribution in [2.75, 3.05) is 20.3 Å². The maximum atomic E-state index is 11.6. The van der Waals surface area contributed by atoms with Crippen LogP contribution < -0.4 is 0 Å². The number of hydrogen-bond acceptors (Lipinski definition) is 3. The number of esters is 1. The van der Waals surface area contributed by atoms with Crippen LogP contribution >= 0.6 is 0 Å². The zero-order valence-electron chi connectivity index (χ0n) is 8.94. The maximum Gasteiger partial charge on any atom is 0.333 e. The Morgan fingerprint density at radius 1 is 1.40 bits per heavy atom. The van der Waals surface area contributed by atoms with Crippen LogP contribution in [0, 0.1) is 23.7 Å². The van der Waals surface area contributed by atoms with Crippen molar-refractivity contribution in [1.29, 1.82) is 0 Å². The lowest BCUT2D eigenvalue weighted by Gasteiger charge is -2.48. The lowest BCUT2D eigenvalue weighted by molar-refractivity contribution is -0.138. The van der Waals surface area contributed by atoms with Crippen molar-refractivity contribution in [1.82, 2.24) is 0 Å². The molecule has 0 spiro atoms. The Kier molecular flexibility index (Phi) is 2.09. The number of rotatable bonds is 1. The molecule has 1 saturated carbocycles. The van der Waals surface area contributed by atoms with Crippen molar-refractivity contribution in [3.63, 3.8) is 0 Å². The molecule has 4 aliphatic rings. The van der Waals surface area contributed by atoms with Gasteiger partial charge in [0.25, 0.3) is 0 Å². The first kappa shape index (κ1) is 9.40. The van der Waals surface area contributed by atoms with E-state index in [1.54, 1.807) is 0 Å². The van der Waals surface area contributed by atoms with Crippen molar-refractivity contribution in [3.8, 4) is 0 Å². The molecule has 0 aromatic rings. The topological polar surface area (TPSA) is 35.5 Å². The molecular weight excluding hydrogens is 192 g/mol. The number of carbonyl (C=O) groups excluding carboxylic acids is 1. The molecule has 0 aromatic carbocycles. The van der Waals surface area contributed by atoms with Crippen molar-refractivity contribution < 1.29 is 14.3 Å². The predicted octanol–water partition coefficient (Wildman–Crippen LogP) is 1.39. The number of allylic oxidation sites excluding steroid dienone is 1. The average molecular weight is 208 g/mol. The smallest absolute Gasteiger partial charge is 0.333 e. The van der Waals surface area contributed by atoms with E-state index >= 15 is 0 Å². The van der Waals surface area contributed by atoms with E-state index in [0.29, 0.717) is 23.7 Å². The van der Waals surface area contributed by atoms with Crippen molar-refractivity contribution in [2.45, 2.75) is 12.8 Å². The van der Waals surface area contributed by atoms with Crippen LogP contribution in [0.3, 0.4) is 0 Å². The van der Waals surface area contributed by atoms with Crippen LogP contribution in [0.1, 0.15) is 12.8 Å². The fraction of sp³-hybridized carbons (Fsp3) is 0.750. The number of carbonyl (C=O) groups is 1. The molecule has 4 atom stereocenters. The molecule has 0 N–H and O–H groups in total. The summed E-state index contributed by atoms with van der Waals surface area (Å²) in [5.74, 6) is 2.18. The highest BCUT2D eigenvalue weighted by Crippen LogP contribution is 2.49. The fourth-order valence-electron chi connectivity index (χ4n) is 3.48. The molecule has 2 unspecified atom stereocenters. The molecular formula is C12H16O3. The quantitative estimate of drug-likeness (QED) is 0.611. The summed E-state index contributed by atoms with van der Waals surface area (Å²) in [6.07, 6.45) is 4.39. The van der Waals surface area contributed by atoms with Gasteiger partial charge in [0.05, 0.1) is 7.11 Å². The van der Waals surface area contributed by atoms with Gasteiger partial charge < -0.3 is 9.47 Å². The minimum atomic E-state index is -0.122. The van der Waals surface area contributed by atoms with E-state index in [4.69, 9.17) is 9.47 Å². The number of methoxy groups -OCH3 is 1. The summed E-state index contributed by atoms with van der Waals surface area (Å²) in [5.41, 5.74) is 0.928. The second-order valence-electron chi connectivity index (χ2n) is 4.92. The lowest BCUT2D eigenvalue weighted by Crippen LogP contribution is -2.46. The second kappa shape index (κ2) is 3.34. The highest BCUT2D eigenvalue weighted by Gasteiger charge is 2.46. The van der Waals surface area contributed by atoms with Gasteiger partial charge in [0.1, 0.15) is 0 Å². The Morgan fingerprint density at radius 2 is 2.07 bits per heavy atom. The van der Waals surface area contributed by atoms with Gasteiger partial charge in [-0.15, -0.1) is 0 Å². The Bertz CT molecular complexity index is 307. The molecule has 82 valence electrons. The molecule has 3 nitrogen and oxygen atoms in total. The predicted molar refractivity (Wildman–Crippen MR) is 54.1 cm³/mol. The van der Waals surface area contributed by atoms with Crippen molar-refractivity contribution in [2.24, 2.45) is 23.7 Å². The molecule has 3 heteroatoms. The van der Waals surface area contributed by atoms with Gasteiger partial charge in [-0.1, -0.05) is 6.08 Å². The van der Waals surface area contributed by atoms with Gasteiger partial charge in [0, 0.05) is 18.8 Å². The van der Waals surface area contributed by atoms with Crippen LogP contribution in [0.5, 0.6) is 0 Å². The van der Waals surface area contributed by atoms with Crippen LogP contribution in [0.2, 0.25) is 0 Å². The van der Waals surface area contributed by atoms with Crippen LogP contribution in [-0.4, -0.2) is 26.3 Å². The first-order valence-corrected chi connectivity index (χ1v) is 5.67. The molecule has 0 aromatic heterocycles. The molecule has 3 aliphatic carbocycles. The molecule has 0 radical (unpaired) electrons. The van der Waals surface area contributed by atoms with Crippen LogP contribution in [0.15, 0.2) is 11.6 Å². The fourth-order valence-corrected chi connectivity index (χ4v) is 3.48. The standard InChI is InChI=1S/C12H16O3/c1-14-12(13)11-4-10-8-2-7(11)3-9(10)6-15-5-8/h4,7-10H,2-3,5-6H2,1H3/t7?,8-,9+,10?. The molecule has 4 rings (SSSR count). The Hall–Kier alpha value is -0.830. The first-order valence-electron chi connectivity index (χ1n) is 5.67. The van der Waals surface area contributed by atoms with E-state index in [1.165, 1.54) is 7.11 Å². The summed E-state index contributed by atoms with van der Waals surface area (Å²) in [6, 6.07) is 0. The Morgan fingerprint density at radius 3 is 2.60 bits per heavy atom. The average Bonchev–Trinajstić information content (AvgIpc) is 2.27. The third-order valence-electron chi connectivity index (χ3n) is 4.16. The van der Waals surface area contributed by atoms with E-state index in [0.717, 1.165) is 31.6 Å². The van der Waals surface area contributed by atoms with Crippen LogP contribution in [0.25, 0.3) is 0 Å². The van der Waals surface area contributed by atoms with E-state index < -0.39 is 0 Å². The minimum absolute atomic E-state index is 0.122. The van der Waals surface area contributed by atoms with Gasteiger partial charge in [-0.05, 0) is 36.5 Å².